The van der Waals surface area contributed by atoms with Gasteiger partial charge in [-0.1, -0.05) is 12.1 Å². The number of benzene rings is 2. The maximum absolute atomic E-state index is 12.3. The lowest BCUT2D eigenvalue weighted by Gasteiger charge is -2.06. The van der Waals surface area contributed by atoms with E-state index in [1.807, 2.05) is 24.3 Å². The van der Waals surface area contributed by atoms with Gasteiger partial charge < -0.3 is 0 Å². The monoisotopic (exact) mass is 386 g/mol. The van der Waals surface area contributed by atoms with Gasteiger partial charge in [0, 0.05) is 11.3 Å². The molecule has 7 heteroatoms. The summed E-state index contributed by atoms with van der Waals surface area (Å²) in [6, 6.07) is 16.8. The second kappa shape index (κ2) is 6.25. The van der Waals surface area contributed by atoms with Gasteiger partial charge in [-0.2, -0.15) is 0 Å². The summed E-state index contributed by atoms with van der Waals surface area (Å²) in [5, 5.41) is 2.67. The van der Waals surface area contributed by atoms with Crippen molar-refractivity contribution >= 4 is 48.6 Å². The molecule has 0 aliphatic carbocycles. The van der Waals surface area contributed by atoms with E-state index in [1.54, 1.807) is 41.0 Å². The van der Waals surface area contributed by atoms with Gasteiger partial charge >= 0.3 is 0 Å². The van der Waals surface area contributed by atoms with Gasteiger partial charge in [0.2, 0.25) is 0 Å². The van der Waals surface area contributed by atoms with E-state index in [9.17, 15) is 8.42 Å². The van der Waals surface area contributed by atoms with Crippen LogP contribution in [0.25, 0.3) is 20.8 Å². The fourth-order valence-corrected chi connectivity index (χ4v) is 5.58. The van der Waals surface area contributed by atoms with E-state index >= 15 is 0 Å². The number of aryl methyl sites for hydroxylation is 1. The molecular weight excluding hydrogens is 372 g/mol. The molecule has 126 valence electrons. The number of sulfonamides is 1. The largest absolute Gasteiger partial charge is 0.279 e. The third-order valence-corrected chi connectivity index (χ3v) is 7.53. The van der Waals surface area contributed by atoms with Crippen molar-refractivity contribution in [1.82, 2.24) is 4.98 Å². The molecule has 2 aromatic heterocycles. The molecule has 0 amide bonds. The second-order valence-electron chi connectivity index (χ2n) is 5.61. The first-order valence-electron chi connectivity index (χ1n) is 7.55. The minimum absolute atomic E-state index is 0.304. The Morgan fingerprint density at radius 2 is 1.84 bits per heavy atom. The Morgan fingerprint density at radius 1 is 1.04 bits per heavy atom. The van der Waals surface area contributed by atoms with Gasteiger partial charge in [0.25, 0.3) is 10.0 Å². The summed E-state index contributed by atoms with van der Waals surface area (Å²) in [5.74, 6) is 0. The Bertz CT molecular complexity index is 1130. The van der Waals surface area contributed by atoms with E-state index in [-0.39, 0.29) is 0 Å². The molecule has 0 saturated heterocycles. The number of hydrogen-bond acceptors (Lipinski definition) is 5. The smallest absolute Gasteiger partial charge is 0.271 e. The van der Waals surface area contributed by atoms with Crippen LogP contribution < -0.4 is 4.72 Å². The number of fused-ring (bicyclic) bond motifs is 1. The Balaban J connectivity index is 1.61. The summed E-state index contributed by atoms with van der Waals surface area (Å²) in [6.45, 7) is 2.06. The van der Waals surface area contributed by atoms with E-state index < -0.39 is 10.0 Å². The number of hydrogen-bond donors (Lipinski definition) is 1. The zero-order chi connectivity index (χ0) is 17.4. The Hall–Kier alpha value is -2.22. The van der Waals surface area contributed by atoms with Crippen molar-refractivity contribution in [3.8, 4) is 10.6 Å². The molecule has 0 saturated carbocycles. The Morgan fingerprint density at radius 3 is 2.56 bits per heavy atom. The van der Waals surface area contributed by atoms with Gasteiger partial charge in [-0.3, -0.25) is 4.72 Å². The number of thiazole rings is 1. The van der Waals surface area contributed by atoms with Crippen LogP contribution in [-0.4, -0.2) is 13.4 Å². The van der Waals surface area contributed by atoms with Gasteiger partial charge in [-0.15, -0.1) is 22.7 Å². The van der Waals surface area contributed by atoms with E-state index in [0.29, 0.717) is 9.90 Å². The van der Waals surface area contributed by atoms with Crippen LogP contribution in [0, 0.1) is 6.92 Å². The van der Waals surface area contributed by atoms with Crippen LogP contribution >= 0.6 is 22.7 Å². The first-order valence-corrected chi connectivity index (χ1v) is 10.7. The molecule has 2 aromatic carbocycles. The molecule has 4 rings (SSSR count). The Labute approximate surface area is 153 Å². The minimum Gasteiger partial charge on any atom is -0.279 e. The molecule has 0 radical (unpaired) electrons. The van der Waals surface area contributed by atoms with Crippen LogP contribution in [0.3, 0.4) is 0 Å². The fraction of sp³-hybridized carbons (Fsp3) is 0.0556. The standard InChI is InChI=1S/C18H14N2O2S3/c1-12-4-9-15-16(11-12)24-18(19-15)13-5-7-14(8-6-13)20-25(21,22)17-3-2-10-23-17/h2-11,20H,1H3. The number of nitrogens with zero attached hydrogens (tertiary/aromatic N) is 1. The van der Waals surface area contributed by atoms with Crippen molar-refractivity contribution < 1.29 is 8.42 Å². The lowest BCUT2D eigenvalue weighted by atomic mass is 10.2. The molecule has 0 atom stereocenters. The second-order valence-corrected chi connectivity index (χ2v) is 9.49. The quantitative estimate of drug-likeness (QED) is 0.529. The predicted molar refractivity (Wildman–Crippen MR) is 105 cm³/mol. The maximum atomic E-state index is 12.3. The molecule has 25 heavy (non-hydrogen) atoms. The van der Waals surface area contributed by atoms with Crippen molar-refractivity contribution in [2.75, 3.05) is 4.72 Å². The maximum Gasteiger partial charge on any atom is 0.271 e. The van der Waals surface area contributed by atoms with Crippen molar-refractivity contribution in [2.45, 2.75) is 11.1 Å². The van der Waals surface area contributed by atoms with E-state index in [2.05, 4.69) is 22.7 Å². The highest BCUT2D eigenvalue weighted by molar-refractivity contribution is 7.94. The molecule has 1 N–H and O–H groups in total. The zero-order valence-electron chi connectivity index (χ0n) is 13.3. The summed E-state index contributed by atoms with van der Waals surface area (Å²) < 4.78 is 28.6. The van der Waals surface area contributed by atoms with Crippen LogP contribution in [0.5, 0.6) is 0 Å². The lowest BCUT2D eigenvalue weighted by molar-refractivity contribution is 0.603. The average molecular weight is 387 g/mol. The summed E-state index contributed by atoms with van der Waals surface area (Å²) in [4.78, 5) is 4.65. The molecule has 0 spiro atoms. The Kier molecular flexibility index (Phi) is 4.07. The fourth-order valence-electron chi connectivity index (χ4n) is 2.46. The summed E-state index contributed by atoms with van der Waals surface area (Å²) in [5.41, 5.74) is 3.70. The highest BCUT2D eigenvalue weighted by Crippen LogP contribution is 2.31. The van der Waals surface area contributed by atoms with Crippen LogP contribution in [0.4, 0.5) is 5.69 Å². The van der Waals surface area contributed by atoms with Gasteiger partial charge in [0.1, 0.15) is 9.22 Å². The summed E-state index contributed by atoms with van der Waals surface area (Å²) in [7, 11) is -3.52. The minimum atomic E-state index is -3.52. The molecule has 0 aliphatic heterocycles. The first kappa shape index (κ1) is 16.3. The number of rotatable bonds is 4. The van der Waals surface area contributed by atoms with E-state index in [4.69, 9.17) is 0 Å². The van der Waals surface area contributed by atoms with Crippen molar-refractivity contribution in [1.29, 1.82) is 0 Å². The summed E-state index contributed by atoms with van der Waals surface area (Å²) in [6.07, 6.45) is 0. The normalized spacial score (nSPS) is 11.7. The third-order valence-electron chi connectivity index (χ3n) is 3.69. The molecule has 0 unspecified atom stereocenters. The predicted octanol–water partition coefficient (Wildman–Crippen LogP) is 5.13. The highest BCUT2D eigenvalue weighted by atomic mass is 32.2. The van der Waals surface area contributed by atoms with Crippen LogP contribution in [0.2, 0.25) is 0 Å². The van der Waals surface area contributed by atoms with Gasteiger partial charge in [0.15, 0.2) is 0 Å². The van der Waals surface area contributed by atoms with Gasteiger partial charge in [-0.25, -0.2) is 13.4 Å². The summed E-state index contributed by atoms with van der Waals surface area (Å²) >= 11 is 2.83. The average Bonchev–Trinajstić information content (AvgIpc) is 3.24. The van der Waals surface area contributed by atoms with E-state index in [0.717, 1.165) is 20.8 Å². The van der Waals surface area contributed by atoms with Crippen LogP contribution in [-0.2, 0) is 10.0 Å². The van der Waals surface area contributed by atoms with Crippen LogP contribution in [0.1, 0.15) is 5.56 Å². The van der Waals surface area contributed by atoms with Gasteiger partial charge in [-0.05, 0) is 60.3 Å². The number of aromatic nitrogens is 1. The number of anilines is 1. The SMILES string of the molecule is Cc1ccc2nc(-c3ccc(NS(=O)(=O)c4cccs4)cc3)sc2c1. The van der Waals surface area contributed by atoms with Crippen molar-refractivity contribution in [3.63, 3.8) is 0 Å². The molecule has 4 aromatic rings. The highest BCUT2D eigenvalue weighted by Gasteiger charge is 2.15. The molecule has 2 heterocycles. The van der Waals surface area contributed by atoms with Crippen molar-refractivity contribution in [2.24, 2.45) is 0 Å². The lowest BCUT2D eigenvalue weighted by Crippen LogP contribution is -2.11. The molecule has 4 nitrogen and oxygen atoms in total. The zero-order valence-corrected chi connectivity index (χ0v) is 15.7. The molecule has 0 bridgehead atoms. The number of nitrogens with one attached hydrogen (secondary N) is 1. The van der Waals surface area contributed by atoms with E-state index in [1.165, 1.54) is 16.9 Å². The molecule has 0 aliphatic rings. The van der Waals surface area contributed by atoms with Crippen LogP contribution in [0.15, 0.2) is 64.2 Å². The van der Waals surface area contributed by atoms with Crippen molar-refractivity contribution in [3.05, 3.63) is 65.5 Å². The number of thiophene rings is 1. The van der Waals surface area contributed by atoms with Gasteiger partial charge in [0.05, 0.1) is 10.2 Å². The first-order chi connectivity index (χ1) is 12.0. The molecular formula is C18H14N2O2S3. The molecule has 0 fully saturated rings. The third kappa shape index (κ3) is 3.30. The topological polar surface area (TPSA) is 59.1 Å².